The number of hydrogen-bond acceptors (Lipinski definition) is 4. The predicted octanol–water partition coefficient (Wildman–Crippen LogP) is 3.76. The van der Waals surface area contributed by atoms with Gasteiger partial charge in [-0.15, -0.1) is 11.8 Å². The highest BCUT2D eigenvalue weighted by molar-refractivity contribution is 7.99. The van der Waals surface area contributed by atoms with Crippen molar-refractivity contribution in [2.75, 3.05) is 18.8 Å². The van der Waals surface area contributed by atoms with Crippen molar-refractivity contribution in [3.8, 4) is 0 Å². The molecule has 1 atom stereocenters. The van der Waals surface area contributed by atoms with Gasteiger partial charge in [0.15, 0.2) is 0 Å². The number of nitrogens with zero attached hydrogens (tertiary/aromatic N) is 1. The average molecular weight is 431 g/mol. The summed E-state index contributed by atoms with van der Waals surface area (Å²) in [4.78, 5) is 14.1. The van der Waals surface area contributed by atoms with Crippen LogP contribution < -0.4 is 5.32 Å². The summed E-state index contributed by atoms with van der Waals surface area (Å²) in [5.74, 6) is 0.953. The molecule has 1 amide bonds. The number of hydrogen-bond donors (Lipinski definition) is 1. The topological polar surface area (TPSA) is 66.5 Å². The molecular weight excluding hydrogens is 404 g/mol. The first-order chi connectivity index (χ1) is 14.0. The normalized spacial score (nSPS) is 20.1. The van der Waals surface area contributed by atoms with Gasteiger partial charge in [0, 0.05) is 23.7 Å². The van der Waals surface area contributed by atoms with E-state index in [0.29, 0.717) is 18.0 Å². The van der Waals surface area contributed by atoms with Crippen LogP contribution in [0.5, 0.6) is 0 Å². The number of fused-ring (bicyclic) bond motifs is 1. The first kappa shape index (κ1) is 20.4. The van der Waals surface area contributed by atoms with Crippen molar-refractivity contribution < 1.29 is 13.2 Å². The minimum atomic E-state index is -3.43. The van der Waals surface area contributed by atoms with Gasteiger partial charge >= 0.3 is 0 Å². The molecule has 0 aromatic heterocycles. The van der Waals surface area contributed by atoms with Crippen molar-refractivity contribution in [2.24, 2.45) is 0 Å². The summed E-state index contributed by atoms with van der Waals surface area (Å²) in [6.07, 6.45) is 4.08. The van der Waals surface area contributed by atoms with Gasteiger partial charge in [0.2, 0.25) is 15.9 Å². The smallest absolute Gasteiger partial charge is 0.243 e. The lowest BCUT2D eigenvalue weighted by atomic mass is 10.0. The van der Waals surface area contributed by atoms with Crippen LogP contribution in [-0.4, -0.2) is 37.5 Å². The van der Waals surface area contributed by atoms with Gasteiger partial charge in [-0.3, -0.25) is 4.79 Å². The van der Waals surface area contributed by atoms with Crippen LogP contribution in [0.1, 0.15) is 42.9 Å². The van der Waals surface area contributed by atoms with E-state index >= 15 is 0 Å². The Morgan fingerprint density at radius 2 is 1.76 bits per heavy atom. The molecule has 2 aromatic carbocycles. The minimum Gasteiger partial charge on any atom is -0.349 e. The second-order valence-electron chi connectivity index (χ2n) is 7.58. The summed E-state index contributed by atoms with van der Waals surface area (Å²) in [7, 11) is -3.43. The molecule has 1 saturated heterocycles. The number of carbonyl (C=O) groups is 1. The lowest BCUT2D eigenvalue weighted by molar-refractivity contribution is -0.121. The van der Waals surface area contributed by atoms with E-state index in [2.05, 4.69) is 17.4 Å². The number of piperidine rings is 1. The van der Waals surface area contributed by atoms with Crippen molar-refractivity contribution in [3.63, 3.8) is 0 Å². The number of carbonyl (C=O) groups excluding carboxylic acids is 1. The Kier molecular flexibility index (Phi) is 6.27. The van der Waals surface area contributed by atoms with Crippen LogP contribution in [0.4, 0.5) is 0 Å². The van der Waals surface area contributed by atoms with E-state index in [1.807, 2.05) is 23.9 Å². The third-order valence-corrected chi connectivity index (χ3v) is 8.57. The Hall–Kier alpha value is -1.83. The number of sulfonamides is 1. The summed E-state index contributed by atoms with van der Waals surface area (Å²) in [6, 6.07) is 15.0. The maximum Gasteiger partial charge on any atom is 0.243 e. The number of benzene rings is 2. The van der Waals surface area contributed by atoms with Crippen molar-refractivity contribution in [2.45, 2.75) is 47.9 Å². The number of amides is 1. The Balaban J connectivity index is 1.40. The van der Waals surface area contributed by atoms with Gasteiger partial charge in [-0.2, -0.15) is 4.31 Å². The van der Waals surface area contributed by atoms with Crippen LogP contribution in [0.15, 0.2) is 58.3 Å². The zero-order valence-electron chi connectivity index (χ0n) is 16.3. The average Bonchev–Trinajstić information content (AvgIpc) is 2.75. The molecule has 2 aliphatic heterocycles. The highest BCUT2D eigenvalue weighted by Gasteiger charge is 2.26. The number of rotatable bonds is 5. The van der Waals surface area contributed by atoms with Crippen molar-refractivity contribution in [1.82, 2.24) is 9.62 Å². The predicted molar refractivity (Wildman–Crippen MR) is 115 cm³/mol. The molecule has 29 heavy (non-hydrogen) atoms. The Bertz CT molecular complexity index is 968. The van der Waals surface area contributed by atoms with Gasteiger partial charge in [-0.25, -0.2) is 8.42 Å². The van der Waals surface area contributed by atoms with Crippen molar-refractivity contribution in [1.29, 1.82) is 0 Å². The lowest BCUT2D eigenvalue weighted by Crippen LogP contribution is -2.35. The molecule has 0 spiro atoms. The van der Waals surface area contributed by atoms with E-state index in [-0.39, 0.29) is 18.4 Å². The zero-order valence-corrected chi connectivity index (χ0v) is 18.0. The summed E-state index contributed by atoms with van der Waals surface area (Å²) in [5.41, 5.74) is 2.00. The molecule has 0 aliphatic carbocycles. The maximum atomic E-state index is 12.7. The summed E-state index contributed by atoms with van der Waals surface area (Å²) >= 11 is 1.83. The van der Waals surface area contributed by atoms with Gasteiger partial charge < -0.3 is 5.32 Å². The molecule has 4 rings (SSSR count). The molecule has 7 heteroatoms. The molecule has 2 aromatic rings. The van der Waals surface area contributed by atoms with Gasteiger partial charge in [-0.1, -0.05) is 36.8 Å². The lowest BCUT2D eigenvalue weighted by Gasteiger charge is -2.26. The monoisotopic (exact) mass is 430 g/mol. The second kappa shape index (κ2) is 8.90. The highest BCUT2D eigenvalue weighted by Crippen LogP contribution is 2.35. The first-order valence-electron chi connectivity index (χ1n) is 10.1. The largest absolute Gasteiger partial charge is 0.349 e. The van der Waals surface area contributed by atoms with E-state index in [0.717, 1.165) is 37.0 Å². The molecule has 1 fully saturated rings. The summed E-state index contributed by atoms with van der Waals surface area (Å²) < 4.78 is 27.1. The summed E-state index contributed by atoms with van der Waals surface area (Å²) in [5, 5.41) is 3.14. The van der Waals surface area contributed by atoms with Crippen LogP contribution >= 0.6 is 11.8 Å². The number of thioether (sulfide) groups is 1. The standard InChI is InChI=1S/C22H26N2O3S2/c25-22(23-20-12-15-28-21-7-3-2-6-19(20)21)16-17-8-10-18(11-9-17)29(26,27)24-13-4-1-5-14-24/h2-3,6-11,20H,1,4-5,12-16H2,(H,23,25)/t20-/m0/s1. The minimum absolute atomic E-state index is 0.0386. The van der Waals surface area contributed by atoms with Crippen molar-refractivity contribution >= 4 is 27.7 Å². The Labute approximate surface area is 176 Å². The fourth-order valence-electron chi connectivity index (χ4n) is 3.96. The van der Waals surface area contributed by atoms with E-state index in [1.165, 1.54) is 10.5 Å². The molecule has 0 saturated carbocycles. The van der Waals surface area contributed by atoms with Crippen LogP contribution in [0.25, 0.3) is 0 Å². The Morgan fingerprint density at radius 3 is 2.52 bits per heavy atom. The fraction of sp³-hybridized carbons (Fsp3) is 0.409. The fourth-order valence-corrected chi connectivity index (χ4v) is 6.60. The molecule has 2 heterocycles. The van der Waals surface area contributed by atoms with Gasteiger partial charge in [0.05, 0.1) is 17.4 Å². The van der Waals surface area contributed by atoms with Gasteiger partial charge in [-0.05, 0) is 48.6 Å². The number of nitrogens with one attached hydrogen (secondary N) is 1. The van der Waals surface area contributed by atoms with Crippen LogP contribution in [0.2, 0.25) is 0 Å². The molecule has 0 bridgehead atoms. The van der Waals surface area contributed by atoms with Crippen molar-refractivity contribution in [3.05, 3.63) is 59.7 Å². The molecule has 1 N–H and O–H groups in total. The highest BCUT2D eigenvalue weighted by atomic mass is 32.2. The first-order valence-corrected chi connectivity index (χ1v) is 12.6. The molecule has 154 valence electrons. The third-order valence-electron chi connectivity index (χ3n) is 5.53. The van der Waals surface area contributed by atoms with E-state index in [1.54, 1.807) is 28.6 Å². The zero-order chi connectivity index (χ0) is 20.3. The SMILES string of the molecule is O=C(Cc1ccc(S(=O)(=O)N2CCCCC2)cc1)N[C@H]1CCSc2ccccc21. The third kappa shape index (κ3) is 4.68. The quantitative estimate of drug-likeness (QED) is 0.784. The van der Waals surface area contributed by atoms with Gasteiger partial charge in [0.1, 0.15) is 0 Å². The van der Waals surface area contributed by atoms with Gasteiger partial charge in [0.25, 0.3) is 0 Å². The van der Waals surface area contributed by atoms with E-state index in [9.17, 15) is 13.2 Å². The molecule has 2 aliphatic rings. The van der Waals surface area contributed by atoms with Crippen LogP contribution in [0.3, 0.4) is 0 Å². The second-order valence-corrected chi connectivity index (χ2v) is 10.7. The van der Waals surface area contributed by atoms with Crippen LogP contribution in [0, 0.1) is 0 Å². The summed E-state index contributed by atoms with van der Waals surface area (Å²) in [6.45, 7) is 1.18. The molecule has 5 nitrogen and oxygen atoms in total. The van der Waals surface area contributed by atoms with Crippen LogP contribution in [-0.2, 0) is 21.2 Å². The van der Waals surface area contributed by atoms with E-state index in [4.69, 9.17) is 0 Å². The molecular formula is C22H26N2O3S2. The van der Waals surface area contributed by atoms with E-state index < -0.39 is 10.0 Å². The molecule has 0 unspecified atom stereocenters. The molecule has 0 radical (unpaired) electrons. The maximum absolute atomic E-state index is 12.7. The Morgan fingerprint density at radius 1 is 1.03 bits per heavy atom.